The summed E-state index contributed by atoms with van der Waals surface area (Å²) in [6.45, 7) is 0. The third-order valence-electron chi connectivity index (χ3n) is 2.75. The lowest BCUT2D eigenvalue weighted by molar-refractivity contribution is 0.889. The standard InChI is InChI=1S/C14H12N4S/c1-18-12-6-2-3-7-13(12)19-14(18)17-16-10-11-5-4-8-15-9-11/h2-10H,1H3. The predicted octanol–water partition coefficient (Wildman–Crippen LogP) is 2.57. The van der Waals surface area contributed by atoms with Crippen LogP contribution >= 0.6 is 11.3 Å². The Morgan fingerprint density at radius 1 is 1.21 bits per heavy atom. The van der Waals surface area contributed by atoms with Gasteiger partial charge in [0.1, 0.15) is 0 Å². The average Bonchev–Trinajstić information content (AvgIpc) is 2.78. The molecule has 0 spiro atoms. The van der Waals surface area contributed by atoms with Crippen molar-refractivity contribution in [3.05, 3.63) is 59.2 Å². The van der Waals surface area contributed by atoms with Crippen LogP contribution in [-0.2, 0) is 7.05 Å². The molecule has 1 aromatic carbocycles. The zero-order valence-corrected chi connectivity index (χ0v) is 11.2. The summed E-state index contributed by atoms with van der Waals surface area (Å²) in [6, 6.07) is 12.0. The second kappa shape index (κ2) is 5.16. The SMILES string of the molecule is Cn1c(=NN=Cc2cccnc2)sc2ccccc21. The number of nitrogens with zero attached hydrogens (tertiary/aromatic N) is 4. The molecule has 4 nitrogen and oxygen atoms in total. The number of rotatable bonds is 2. The summed E-state index contributed by atoms with van der Waals surface area (Å²) in [5.74, 6) is 0. The number of aryl methyl sites for hydroxylation is 1. The van der Waals surface area contributed by atoms with Gasteiger partial charge >= 0.3 is 0 Å². The number of fused-ring (bicyclic) bond motifs is 1. The lowest BCUT2D eigenvalue weighted by atomic mass is 10.3. The molecule has 0 bridgehead atoms. The highest BCUT2D eigenvalue weighted by molar-refractivity contribution is 7.16. The largest absolute Gasteiger partial charge is 0.318 e. The van der Waals surface area contributed by atoms with Gasteiger partial charge in [-0.3, -0.25) is 4.98 Å². The molecule has 0 aliphatic heterocycles. The number of thiazole rings is 1. The summed E-state index contributed by atoms with van der Waals surface area (Å²) in [7, 11) is 2.00. The summed E-state index contributed by atoms with van der Waals surface area (Å²) >= 11 is 1.63. The van der Waals surface area contributed by atoms with Gasteiger partial charge in [0.05, 0.1) is 16.4 Å². The van der Waals surface area contributed by atoms with Crippen LogP contribution < -0.4 is 4.80 Å². The minimum atomic E-state index is 0.876. The van der Waals surface area contributed by atoms with Crippen molar-refractivity contribution in [1.29, 1.82) is 0 Å². The van der Waals surface area contributed by atoms with Gasteiger partial charge in [0.2, 0.25) is 4.80 Å². The van der Waals surface area contributed by atoms with Crippen molar-refractivity contribution in [2.45, 2.75) is 0 Å². The lowest BCUT2D eigenvalue weighted by Gasteiger charge is -1.92. The molecule has 0 atom stereocenters. The van der Waals surface area contributed by atoms with Crippen molar-refractivity contribution in [2.75, 3.05) is 0 Å². The van der Waals surface area contributed by atoms with Crippen LogP contribution in [-0.4, -0.2) is 15.8 Å². The van der Waals surface area contributed by atoms with Gasteiger partial charge in [-0.25, -0.2) is 0 Å². The minimum absolute atomic E-state index is 0.876. The van der Waals surface area contributed by atoms with Crippen LogP contribution in [0, 0.1) is 0 Å². The second-order valence-corrected chi connectivity index (χ2v) is 5.05. The summed E-state index contributed by atoms with van der Waals surface area (Å²) in [5, 5.41) is 8.38. The molecule has 0 saturated heterocycles. The molecule has 0 aliphatic carbocycles. The molecule has 2 heterocycles. The van der Waals surface area contributed by atoms with E-state index in [0.29, 0.717) is 0 Å². The second-order valence-electron chi connectivity index (χ2n) is 4.04. The summed E-state index contributed by atoms with van der Waals surface area (Å²) < 4.78 is 3.25. The summed E-state index contributed by atoms with van der Waals surface area (Å²) in [4.78, 5) is 4.90. The van der Waals surface area contributed by atoms with Gasteiger partial charge in [0, 0.05) is 25.0 Å². The highest BCUT2D eigenvalue weighted by atomic mass is 32.1. The van der Waals surface area contributed by atoms with E-state index in [4.69, 9.17) is 0 Å². The maximum Gasteiger partial charge on any atom is 0.211 e. The first-order valence-electron chi connectivity index (χ1n) is 5.86. The first-order chi connectivity index (χ1) is 9.34. The van der Waals surface area contributed by atoms with Crippen molar-refractivity contribution < 1.29 is 0 Å². The van der Waals surface area contributed by atoms with Crippen molar-refractivity contribution in [3.63, 3.8) is 0 Å². The molecular formula is C14H12N4S. The fraction of sp³-hybridized carbons (Fsp3) is 0.0714. The molecule has 3 rings (SSSR count). The highest BCUT2D eigenvalue weighted by Crippen LogP contribution is 2.14. The van der Waals surface area contributed by atoms with Gasteiger partial charge in [-0.15, -0.1) is 5.10 Å². The monoisotopic (exact) mass is 268 g/mol. The first-order valence-corrected chi connectivity index (χ1v) is 6.68. The highest BCUT2D eigenvalue weighted by Gasteiger charge is 2.00. The van der Waals surface area contributed by atoms with E-state index < -0.39 is 0 Å². The normalized spacial score (nSPS) is 12.6. The van der Waals surface area contributed by atoms with Crippen LogP contribution in [0.15, 0.2) is 59.0 Å². The van der Waals surface area contributed by atoms with Crippen LogP contribution in [0.3, 0.4) is 0 Å². The number of para-hydroxylation sites is 1. The quantitative estimate of drug-likeness (QED) is 0.520. The third kappa shape index (κ3) is 2.46. The molecule has 0 radical (unpaired) electrons. The molecule has 0 saturated carbocycles. The molecule has 94 valence electrons. The molecule has 2 aromatic heterocycles. The van der Waals surface area contributed by atoms with E-state index in [2.05, 4.69) is 27.3 Å². The van der Waals surface area contributed by atoms with E-state index in [-0.39, 0.29) is 0 Å². The number of hydrogen-bond donors (Lipinski definition) is 0. The van der Waals surface area contributed by atoms with E-state index in [1.807, 2.05) is 35.9 Å². The Balaban J connectivity index is 1.98. The smallest absolute Gasteiger partial charge is 0.211 e. The number of aromatic nitrogens is 2. The predicted molar refractivity (Wildman–Crippen MR) is 78.2 cm³/mol. The van der Waals surface area contributed by atoms with Gasteiger partial charge < -0.3 is 4.57 Å². The lowest BCUT2D eigenvalue weighted by Crippen LogP contribution is -2.08. The van der Waals surface area contributed by atoms with Crippen molar-refractivity contribution in [3.8, 4) is 0 Å². The van der Waals surface area contributed by atoms with E-state index in [1.165, 1.54) is 10.2 Å². The summed E-state index contributed by atoms with van der Waals surface area (Å²) in [5.41, 5.74) is 2.11. The molecule has 19 heavy (non-hydrogen) atoms. The molecule has 0 aliphatic rings. The third-order valence-corrected chi connectivity index (χ3v) is 3.85. The Bertz CT molecular complexity index is 784. The Labute approximate surface area is 114 Å². The number of hydrogen-bond acceptors (Lipinski definition) is 4. The van der Waals surface area contributed by atoms with Crippen LogP contribution in [0.2, 0.25) is 0 Å². The van der Waals surface area contributed by atoms with E-state index >= 15 is 0 Å². The Kier molecular flexibility index (Phi) is 3.20. The maximum absolute atomic E-state index is 4.26. The van der Waals surface area contributed by atoms with Crippen molar-refractivity contribution in [2.24, 2.45) is 17.3 Å². The molecule has 3 aromatic rings. The molecule has 0 amide bonds. The van der Waals surface area contributed by atoms with Gasteiger partial charge in [-0.2, -0.15) is 5.10 Å². The molecule has 0 N–H and O–H groups in total. The number of benzene rings is 1. The summed E-state index contributed by atoms with van der Waals surface area (Å²) in [6.07, 6.45) is 5.20. The molecular weight excluding hydrogens is 256 g/mol. The fourth-order valence-corrected chi connectivity index (χ4v) is 2.75. The van der Waals surface area contributed by atoms with Crippen LogP contribution in [0.4, 0.5) is 0 Å². The van der Waals surface area contributed by atoms with Crippen LogP contribution in [0.5, 0.6) is 0 Å². The van der Waals surface area contributed by atoms with Gasteiger partial charge in [0.15, 0.2) is 0 Å². The van der Waals surface area contributed by atoms with Gasteiger partial charge in [-0.1, -0.05) is 29.5 Å². The molecule has 0 unspecified atom stereocenters. The van der Waals surface area contributed by atoms with Gasteiger partial charge in [-0.05, 0) is 18.2 Å². The van der Waals surface area contributed by atoms with Gasteiger partial charge in [0.25, 0.3) is 0 Å². The van der Waals surface area contributed by atoms with Crippen LogP contribution in [0.1, 0.15) is 5.56 Å². The Hall–Kier alpha value is -2.27. The Morgan fingerprint density at radius 3 is 2.89 bits per heavy atom. The average molecular weight is 268 g/mol. The molecule has 5 heteroatoms. The van der Waals surface area contributed by atoms with Crippen LogP contribution in [0.25, 0.3) is 10.2 Å². The topological polar surface area (TPSA) is 42.5 Å². The maximum atomic E-state index is 4.26. The van der Waals surface area contributed by atoms with Crippen molar-refractivity contribution >= 4 is 27.8 Å². The minimum Gasteiger partial charge on any atom is -0.318 e. The van der Waals surface area contributed by atoms with E-state index in [0.717, 1.165) is 10.4 Å². The van der Waals surface area contributed by atoms with E-state index in [9.17, 15) is 0 Å². The van der Waals surface area contributed by atoms with Crippen molar-refractivity contribution in [1.82, 2.24) is 9.55 Å². The van der Waals surface area contributed by atoms with E-state index in [1.54, 1.807) is 29.9 Å². The zero-order chi connectivity index (χ0) is 13.1. The number of pyridine rings is 1. The zero-order valence-electron chi connectivity index (χ0n) is 10.4. The molecule has 0 fully saturated rings. The fourth-order valence-electron chi connectivity index (χ4n) is 1.78. The Morgan fingerprint density at radius 2 is 2.11 bits per heavy atom. The first kappa shape index (κ1) is 11.8.